The zero-order chi connectivity index (χ0) is 21.1. The number of hydrogen-bond acceptors (Lipinski definition) is 6. The van der Waals surface area contributed by atoms with Crippen LogP contribution in [0.5, 0.6) is 0 Å². The number of benzene rings is 2. The zero-order valence-corrected chi connectivity index (χ0v) is 20.5. The van der Waals surface area contributed by atoms with Crippen LogP contribution < -0.4 is 4.90 Å². The SMILES string of the molecule is CSc1ccc2nc(N(CCN3CCOCC3)C(=O)c3cc(C)ccc3C)sc2c1.Cl. The third-order valence-corrected chi connectivity index (χ3v) is 7.19. The minimum atomic E-state index is 0. The normalized spacial score (nSPS) is 14.4. The molecule has 1 fully saturated rings. The summed E-state index contributed by atoms with van der Waals surface area (Å²) in [5.74, 6) is 0.0219. The maximum Gasteiger partial charge on any atom is 0.260 e. The van der Waals surface area contributed by atoms with Crippen LogP contribution in [0.25, 0.3) is 10.2 Å². The van der Waals surface area contributed by atoms with E-state index in [2.05, 4.69) is 23.3 Å². The molecule has 1 aliphatic rings. The number of amides is 1. The molecule has 0 atom stereocenters. The second-order valence-electron chi connectivity index (χ2n) is 7.56. The Balaban J connectivity index is 0.00000272. The maximum atomic E-state index is 13.6. The van der Waals surface area contributed by atoms with Crippen LogP contribution in [0.4, 0.5) is 5.13 Å². The number of thioether (sulfide) groups is 1. The Labute approximate surface area is 198 Å². The van der Waals surface area contributed by atoms with E-state index in [1.807, 2.05) is 43.0 Å². The summed E-state index contributed by atoms with van der Waals surface area (Å²) < 4.78 is 6.58. The van der Waals surface area contributed by atoms with E-state index in [4.69, 9.17) is 9.72 Å². The van der Waals surface area contributed by atoms with Crippen molar-refractivity contribution >= 4 is 56.8 Å². The summed E-state index contributed by atoms with van der Waals surface area (Å²) >= 11 is 3.31. The molecule has 1 aromatic heterocycles. The third kappa shape index (κ3) is 5.59. The summed E-state index contributed by atoms with van der Waals surface area (Å²) in [7, 11) is 0. The van der Waals surface area contributed by atoms with Crippen LogP contribution in [0.3, 0.4) is 0 Å². The van der Waals surface area contributed by atoms with Crippen molar-refractivity contribution in [1.82, 2.24) is 9.88 Å². The Morgan fingerprint density at radius 2 is 1.97 bits per heavy atom. The standard InChI is InChI=1S/C23H27N3O2S2.ClH/c1-16-4-5-17(2)19(14-16)22(27)26(9-8-25-10-12-28-13-11-25)23-24-20-7-6-18(29-3)15-21(20)30-23;/h4-7,14-15H,8-13H2,1-3H3;1H. The molecule has 2 aromatic carbocycles. The number of thiazole rings is 1. The van der Waals surface area contributed by atoms with E-state index in [1.165, 1.54) is 4.90 Å². The van der Waals surface area contributed by atoms with Gasteiger partial charge >= 0.3 is 0 Å². The van der Waals surface area contributed by atoms with Crippen molar-refractivity contribution in [2.24, 2.45) is 0 Å². The number of carbonyl (C=O) groups excluding carboxylic acids is 1. The summed E-state index contributed by atoms with van der Waals surface area (Å²) in [5.41, 5.74) is 3.78. The number of ether oxygens (including phenoxy) is 1. The smallest absolute Gasteiger partial charge is 0.260 e. The van der Waals surface area contributed by atoms with Gasteiger partial charge in [0.15, 0.2) is 5.13 Å². The van der Waals surface area contributed by atoms with Crippen LogP contribution in [-0.4, -0.2) is 61.4 Å². The van der Waals surface area contributed by atoms with Crippen LogP contribution in [0, 0.1) is 13.8 Å². The first-order valence-corrected chi connectivity index (χ1v) is 12.2. The summed E-state index contributed by atoms with van der Waals surface area (Å²) in [6, 6.07) is 12.3. The molecule has 0 saturated carbocycles. The number of morpholine rings is 1. The average molecular weight is 478 g/mol. The third-order valence-electron chi connectivity index (χ3n) is 5.43. The molecule has 0 aliphatic carbocycles. The Kier molecular flexibility index (Phi) is 8.36. The molecular formula is C23H28ClN3O2S2. The highest BCUT2D eigenvalue weighted by Crippen LogP contribution is 2.32. The molecule has 0 radical (unpaired) electrons. The van der Waals surface area contributed by atoms with Gasteiger partial charge in [-0.2, -0.15) is 0 Å². The Morgan fingerprint density at radius 3 is 2.71 bits per heavy atom. The monoisotopic (exact) mass is 477 g/mol. The van der Waals surface area contributed by atoms with Crippen molar-refractivity contribution in [1.29, 1.82) is 0 Å². The number of carbonyl (C=O) groups is 1. The van der Waals surface area contributed by atoms with E-state index < -0.39 is 0 Å². The largest absolute Gasteiger partial charge is 0.379 e. The molecule has 0 bridgehead atoms. The molecule has 4 rings (SSSR count). The van der Waals surface area contributed by atoms with E-state index in [0.29, 0.717) is 6.54 Å². The van der Waals surface area contributed by atoms with Crippen molar-refractivity contribution in [2.75, 3.05) is 50.5 Å². The number of rotatable bonds is 6. The van der Waals surface area contributed by atoms with Crippen molar-refractivity contribution in [3.05, 3.63) is 53.1 Å². The lowest BCUT2D eigenvalue weighted by Gasteiger charge is -2.29. The highest BCUT2D eigenvalue weighted by molar-refractivity contribution is 7.98. The summed E-state index contributed by atoms with van der Waals surface area (Å²) in [5, 5.41) is 0.766. The summed E-state index contributed by atoms with van der Waals surface area (Å²) in [6.07, 6.45) is 2.07. The number of nitrogens with zero attached hydrogens (tertiary/aromatic N) is 3. The molecule has 0 unspecified atom stereocenters. The lowest BCUT2D eigenvalue weighted by atomic mass is 10.0. The van der Waals surface area contributed by atoms with Crippen molar-refractivity contribution < 1.29 is 9.53 Å². The van der Waals surface area contributed by atoms with Gasteiger partial charge in [0.25, 0.3) is 5.91 Å². The molecule has 1 saturated heterocycles. The van der Waals surface area contributed by atoms with E-state index in [0.717, 1.165) is 64.9 Å². The first-order valence-electron chi connectivity index (χ1n) is 10.2. The lowest BCUT2D eigenvalue weighted by molar-refractivity contribution is 0.0391. The predicted molar refractivity (Wildman–Crippen MR) is 134 cm³/mol. The Hall–Kier alpha value is -1.64. The molecule has 0 spiro atoms. The first kappa shape index (κ1) is 24.0. The topological polar surface area (TPSA) is 45.7 Å². The second kappa shape index (κ2) is 10.8. The van der Waals surface area contributed by atoms with Gasteiger partial charge < -0.3 is 4.74 Å². The quantitative estimate of drug-likeness (QED) is 0.465. The van der Waals surface area contributed by atoms with Crippen LogP contribution in [-0.2, 0) is 4.74 Å². The molecule has 31 heavy (non-hydrogen) atoms. The minimum absolute atomic E-state index is 0. The van der Waals surface area contributed by atoms with Gasteiger partial charge in [-0.25, -0.2) is 4.98 Å². The van der Waals surface area contributed by atoms with E-state index in [1.54, 1.807) is 23.1 Å². The highest BCUT2D eigenvalue weighted by Gasteiger charge is 2.24. The summed E-state index contributed by atoms with van der Waals surface area (Å²) in [4.78, 5) is 23.9. The van der Waals surface area contributed by atoms with Gasteiger partial charge in [0.2, 0.25) is 0 Å². The Bertz CT molecular complexity index is 1050. The number of halogens is 1. The van der Waals surface area contributed by atoms with E-state index in [-0.39, 0.29) is 18.3 Å². The van der Waals surface area contributed by atoms with Crippen LogP contribution in [0.2, 0.25) is 0 Å². The van der Waals surface area contributed by atoms with Gasteiger partial charge in [0.1, 0.15) is 0 Å². The fraction of sp³-hybridized carbons (Fsp3) is 0.391. The van der Waals surface area contributed by atoms with Gasteiger partial charge in [0.05, 0.1) is 23.4 Å². The summed E-state index contributed by atoms with van der Waals surface area (Å²) in [6.45, 7) is 8.76. The maximum absolute atomic E-state index is 13.6. The van der Waals surface area contributed by atoms with Crippen molar-refractivity contribution in [3.63, 3.8) is 0 Å². The minimum Gasteiger partial charge on any atom is -0.379 e. The van der Waals surface area contributed by atoms with Gasteiger partial charge in [0, 0.05) is 36.6 Å². The van der Waals surface area contributed by atoms with Gasteiger partial charge in [-0.3, -0.25) is 14.6 Å². The molecule has 1 amide bonds. The number of anilines is 1. The lowest BCUT2D eigenvalue weighted by Crippen LogP contribution is -2.43. The molecular weight excluding hydrogens is 450 g/mol. The number of aromatic nitrogens is 1. The van der Waals surface area contributed by atoms with Crippen molar-refractivity contribution in [3.8, 4) is 0 Å². The molecule has 2 heterocycles. The van der Waals surface area contributed by atoms with Crippen molar-refractivity contribution in [2.45, 2.75) is 18.7 Å². The van der Waals surface area contributed by atoms with E-state index in [9.17, 15) is 4.79 Å². The number of fused-ring (bicyclic) bond motifs is 1. The average Bonchev–Trinajstić information content (AvgIpc) is 3.19. The zero-order valence-electron chi connectivity index (χ0n) is 18.1. The molecule has 3 aromatic rings. The Morgan fingerprint density at radius 1 is 1.19 bits per heavy atom. The fourth-order valence-electron chi connectivity index (χ4n) is 3.60. The number of hydrogen-bond donors (Lipinski definition) is 0. The van der Waals surface area contributed by atoms with Gasteiger partial charge in [-0.15, -0.1) is 24.2 Å². The van der Waals surface area contributed by atoms with Crippen LogP contribution in [0.15, 0.2) is 41.3 Å². The predicted octanol–water partition coefficient (Wildman–Crippen LogP) is 5.04. The molecule has 1 aliphatic heterocycles. The van der Waals surface area contributed by atoms with E-state index >= 15 is 0 Å². The first-order chi connectivity index (χ1) is 14.5. The molecule has 5 nitrogen and oxygen atoms in total. The van der Waals surface area contributed by atoms with Crippen LogP contribution >= 0.6 is 35.5 Å². The number of aryl methyl sites for hydroxylation is 2. The van der Waals surface area contributed by atoms with Crippen LogP contribution in [0.1, 0.15) is 21.5 Å². The molecule has 166 valence electrons. The molecule has 8 heteroatoms. The molecule has 0 N–H and O–H groups in total. The van der Waals surface area contributed by atoms with Gasteiger partial charge in [-0.1, -0.05) is 29.0 Å². The second-order valence-corrected chi connectivity index (χ2v) is 9.45. The fourth-order valence-corrected chi connectivity index (χ4v) is 5.14. The van der Waals surface area contributed by atoms with Gasteiger partial charge in [-0.05, 0) is 49.9 Å². The highest BCUT2D eigenvalue weighted by atomic mass is 35.5.